The predicted molar refractivity (Wildman–Crippen MR) is 434 cm³/mol. The van der Waals surface area contributed by atoms with Crippen LogP contribution in [0.15, 0.2) is 0 Å². The molecule has 50 heteroatoms. The molecule has 145 heavy (non-hydrogen) atoms. The molecule has 0 aliphatic heterocycles. The third-order valence-electron chi connectivity index (χ3n) is 22.4. The Morgan fingerprint density at radius 2 is 0.228 bits per heavy atom. The zero-order valence-corrected chi connectivity index (χ0v) is 78.0. The minimum Gasteiger partial charge on any atom is -0.461 e. The maximum absolute atomic E-state index is 16.6. The van der Waals surface area contributed by atoms with Crippen LogP contribution in [0.2, 0.25) is 0 Å². The normalized spacial score (nSPS) is 12.1. The third kappa shape index (κ3) is 23.2. The zero-order valence-electron chi connectivity index (χ0n) is 78.0. The van der Waals surface area contributed by atoms with E-state index in [0.717, 1.165) is 111 Å². The van der Waals surface area contributed by atoms with Crippen LogP contribution < -0.4 is 0 Å². The van der Waals surface area contributed by atoms with Crippen LogP contribution >= 0.6 is 0 Å². The number of halogens is 32. The molecule has 0 N–H and O–H groups in total. The van der Waals surface area contributed by atoms with Gasteiger partial charge in [0.2, 0.25) is 0 Å². The van der Waals surface area contributed by atoms with E-state index in [-0.39, 0.29) is 0 Å². The number of hydrogen-bond acceptors (Lipinski definition) is 18. The minimum atomic E-state index is -3.71. The van der Waals surface area contributed by atoms with Gasteiger partial charge in [-0.2, -0.15) is 0 Å². The number of hydrogen-bond donors (Lipinski definition) is 0. The van der Waals surface area contributed by atoms with Gasteiger partial charge in [-0.3, -0.25) is 0 Å². The van der Waals surface area contributed by atoms with E-state index in [4.69, 9.17) is 47.4 Å². The quantitative estimate of drug-likeness (QED) is 0.0114. The van der Waals surface area contributed by atoms with Crippen molar-refractivity contribution in [2.45, 2.75) is 158 Å². The molecular formula is C95H80F32O18. The van der Waals surface area contributed by atoms with Gasteiger partial charge in [0.05, 0.1) is 42.7 Å². The summed E-state index contributed by atoms with van der Waals surface area (Å²) in [4.78, 5) is 118. The number of esters is 8. The summed E-state index contributed by atoms with van der Waals surface area (Å²) in [7, 11) is 0. The number of rotatable bonds is 40. The molecule has 8 aromatic rings. The fraction of sp³-hybridized carbons (Fsp3) is 0.411. The van der Waals surface area contributed by atoms with Crippen molar-refractivity contribution in [3.8, 4) is 0 Å². The van der Waals surface area contributed by atoms with Gasteiger partial charge in [0.1, 0.15) is 97.4 Å². The van der Waals surface area contributed by atoms with E-state index in [2.05, 4.69) is 0 Å². The second-order valence-electron chi connectivity index (χ2n) is 35.7. The lowest BCUT2D eigenvalue weighted by molar-refractivity contribution is -0.132. The third-order valence-corrected chi connectivity index (χ3v) is 22.4. The summed E-state index contributed by atoms with van der Waals surface area (Å²) in [5.41, 5.74) is -39.2. The van der Waals surface area contributed by atoms with E-state index < -0.39 is 466 Å². The molecule has 0 unspecified atom stereocenters. The van der Waals surface area contributed by atoms with Gasteiger partial charge >= 0.3 is 47.8 Å². The predicted octanol–water partition coefficient (Wildman–Crippen LogP) is 24.3. The summed E-state index contributed by atoms with van der Waals surface area (Å²) in [5, 5.41) is 0. The molecule has 0 atom stereocenters. The first-order chi connectivity index (χ1) is 67.2. The van der Waals surface area contributed by atoms with Crippen molar-refractivity contribution < 1.29 is 226 Å². The van der Waals surface area contributed by atoms with Crippen LogP contribution in [0.4, 0.5) is 140 Å². The van der Waals surface area contributed by atoms with Crippen LogP contribution in [-0.2, 0) is 47.4 Å². The molecule has 0 fully saturated rings. The summed E-state index contributed by atoms with van der Waals surface area (Å²) in [6, 6.07) is 0. The van der Waals surface area contributed by atoms with Gasteiger partial charge in [-0.1, -0.05) is 111 Å². The SMILES string of the molecule is CC(C)c1c(F)c(F)c(F)c(F)c1C(=O)OCC(COCC(COC(=O)c1c(F)c(F)c(F)c(F)c1C(C)C)(COC(=O)c1c(F)c(F)c(F)c(F)c1C(C)C)COC(=O)c1c(F)c(F)c(F)c(F)c1C(C)C)(COCC(COC(=O)c1c(F)c(F)c(F)c(F)c1C(C)C)(COC(=O)c1c(F)c(F)c(F)c(F)c1C(C)C)COC(=O)c1c(F)c(F)c(F)c(F)c1C(C)C)COC(=O)c1c(F)c(F)c(F)c(F)c1C(C)C. The lowest BCUT2D eigenvalue weighted by atomic mass is 9.89. The fourth-order valence-corrected chi connectivity index (χ4v) is 15.2. The molecule has 0 aromatic heterocycles. The van der Waals surface area contributed by atoms with E-state index in [1.165, 1.54) is 0 Å². The maximum Gasteiger partial charge on any atom is 0.341 e. The van der Waals surface area contributed by atoms with Crippen molar-refractivity contribution in [1.29, 1.82) is 0 Å². The van der Waals surface area contributed by atoms with E-state index >= 15 is 140 Å². The smallest absolute Gasteiger partial charge is 0.341 e. The first-order valence-corrected chi connectivity index (χ1v) is 42.6. The molecule has 0 aliphatic carbocycles. The lowest BCUT2D eigenvalue weighted by Crippen LogP contribution is -2.48. The Kier molecular flexibility index (Phi) is 37.5. The standard InChI is InChI=1S/C95H80F32O18/c1-29(2)37-45(61(104)77(120)69(112)53(37)96)85(128)138-21-93(22-139-86(129)46-38(30(3)4)54(97)70(113)78(121)62(46)105,17-136-19-94(23-140-87(130)47-39(31(5)6)55(98)71(114)79(122)63(47)106,24-141-88(131)48-40(32(7)8)56(99)72(115)80(123)64(48)107)25-142-89(132)49-41(33(9)10)57(100)73(116)81(124)65(49)108)18-137-20-95(26-143-90(133)50-42(34(11)12)58(101)74(117)82(125)66(50)109,27-144-91(134)51-43(35(13)14)59(102)75(118)83(126)67(51)110)28-145-92(135)52-44(36(15)16)60(103)76(119)84(127)68(52)111/h29-36H,17-28H2,1-16H3. The first kappa shape index (κ1) is 117. The molecule has 792 valence electrons. The highest BCUT2D eigenvalue weighted by Crippen LogP contribution is 2.43. The van der Waals surface area contributed by atoms with E-state index in [1.54, 1.807) is 0 Å². The Labute approximate surface area is 800 Å². The number of carbonyl (C=O) groups is 8. The topological polar surface area (TPSA) is 229 Å². The first-order valence-electron chi connectivity index (χ1n) is 42.6. The van der Waals surface area contributed by atoms with Crippen LogP contribution in [0, 0.1) is 202 Å². The maximum atomic E-state index is 16.6. The van der Waals surface area contributed by atoms with Crippen molar-refractivity contribution in [3.05, 3.63) is 275 Å². The Morgan fingerprint density at radius 3 is 0.317 bits per heavy atom. The summed E-state index contributed by atoms with van der Waals surface area (Å²) in [6.45, 7) is -13.6. The Bertz CT molecular complexity index is 5670. The second-order valence-corrected chi connectivity index (χ2v) is 35.7. The molecule has 0 saturated heterocycles. The molecule has 0 heterocycles. The van der Waals surface area contributed by atoms with E-state index in [9.17, 15) is 38.4 Å². The minimum absolute atomic E-state index is 0.822. The second kappa shape index (κ2) is 46.3. The molecule has 0 saturated carbocycles. The number of benzene rings is 8. The zero-order chi connectivity index (χ0) is 110. The largest absolute Gasteiger partial charge is 0.461 e. The van der Waals surface area contributed by atoms with Crippen LogP contribution in [0.1, 0.15) is 285 Å². The highest BCUT2D eigenvalue weighted by atomic mass is 19.2. The van der Waals surface area contributed by atoms with E-state index in [1.807, 2.05) is 0 Å². The van der Waals surface area contributed by atoms with Gasteiger partial charge in [-0.15, -0.1) is 0 Å². The lowest BCUT2D eigenvalue weighted by Gasteiger charge is -2.37. The van der Waals surface area contributed by atoms with Crippen molar-refractivity contribution in [3.63, 3.8) is 0 Å². The van der Waals surface area contributed by atoms with Crippen molar-refractivity contribution >= 4 is 47.8 Å². The molecule has 8 aromatic carbocycles. The van der Waals surface area contributed by atoms with Gasteiger partial charge in [0.25, 0.3) is 0 Å². The average molecular weight is 2120 g/mol. The Hall–Kier alpha value is -12.8. The molecule has 0 radical (unpaired) electrons. The van der Waals surface area contributed by atoms with Crippen LogP contribution in [0.25, 0.3) is 0 Å². The number of carbonyl (C=O) groups excluding carboxylic acids is 8. The van der Waals surface area contributed by atoms with Gasteiger partial charge in [-0.05, 0) is 47.3 Å². The highest BCUT2D eigenvalue weighted by Gasteiger charge is 2.49. The van der Waals surface area contributed by atoms with Gasteiger partial charge in [0, 0.05) is 44.5 Å². The highest BCUT2D eigenvalue weighted by molar-refractivity contribution is 5.96. The number of ether oxygens (including phenoxy) is 10. The molecule has 0 bridgehead atoms. The molecule has 18 nitrogen and oxygen atoms in total. The van der Waals surface area contributed by atoms with Crippen molar-refractivity contribution in [2.24, 2.45) is 16.2 Å². The molecule has 0 aliphatic rings. The summed E-state index contributed by atoms with van der Waals surface area (Å²) >= 11 is 0. The van der Waals surface area contributed by atoms with Crippen molar-refractivity contribution in [2.75, 3.05) is 79.3 Å². The van der Waals surface area contributed by atoms with Crippen LogP contribution in [-0.4, -0.2) is 127 Å². The Balaban J connectivity index is 1.53. The average Bonchev–Trinajstić information content (AvgIpc) is 0.780. The van der Waals surface area contributed by atoms with E-state index in [0.29, 0.717) is 0 Å². The summed E-state index contributed by atoms with van der Waals surface area (Å²) in [6.07, 6.45) is 0. The van der Waals surface area contributed by atoms with Gasteiger partial charge in [-0.25, -0.2) is 179 Å². The fourth-order valence-electron chi connectivity index (χ4n) is 15.2. The molecule has 8 rings (SSSR count). The molecule has 0 spiro atoms. The monoisotopic (exact) mass is 2120 g/mol. The summed E-state index contributed by atoms with van der Waals surface area (Å²) < 4.78 is 560. The van der Waals surface area contributed by atoms with Crippen molar-refractivity contribution in [1.82, 2.24) is 0 Å². The van der Waals surface area contributed by atoms with Crippen LogP contribution in [0.5, 0.6) is 0 Å². The van der Waals surface area contributed by atoms with Gasteiger partial charge < -0.3 is 47.4 Å². The van der Waals surface area contributed by atoms with Crippen LogP contribution in [0.3, 0.4) is 0 Å². The molecule has 0 amide bonds. The summed E-state index contributed by atoms with van der Waals surface area (Å²) in [5.74, 6) is -120. The molecular weight excluding hydrogens is 2040 g/mol. The Morgan fingerprint density at radius 1 is 0.145 bits per heavy atom. The van der Waals surface area contributed by atoms with Gasteiger partial charge in [0.15, 0.2) is 186 Å².